The van der Waals surface area contributed by atoms with E-state index in [1.165, 1.54) is 11.4 Å². The molecule has 0 aliphatic heterocycles. The second-order valence-electron chi connectivity index (χ2n) is 7.02. The average Bonchev–Trinajstić information content (AvgIpc) is 2.64. The topological polar surface area (TPSA) is 34.4 Å². The van der Waals surface area contributed by atoms with E-state index >= 15 is 0 Å². The molecule has 114 valence electrons. The van der Waals surface area contributed by atoms with Crippen LogP contribution in [0.25, 0.3) is 0 Å². The molecular formula is C17H29NO2. The fourth-order valence-electron chi connectivity index (χ4n) is 3.69. The van der Waals surface area contributed by atoms with Crippen LogP contribution in [0.5, 0.6) is 0 Å². The predicted octanol–water partition coefficient (Wildman–Crippen LogP) is 3.79. The zero-order chi connectivity index (χ0) is 14.9. The van der Waals surface area contributed by atoms with Gasteiger partial charge in [-0.05, 0) is 37.7 Å². The van der Waals surface area contributed by atoms with E-state index in [0.29, 0.717) is 6.04 Å². The molecule has 0 radical (unpaired) electrons. The summed E-state index contributed by atoms with van der Waals surface area (Å²) in [6, 6.07) is 2.56. The van der Waals surface area contributed by atoms with Crippen molar-refractivity contribution in [2.75, 3.05) is 13.7 Å². The monoisotopic (exact) mass is 279 g/mol. The number of hydrogen-bond donors (Lipinski definition) is 1. The Morgan fingerprint density at radius 1 is 1.50 bits per heavy atom. The molecule has 1 aliphatic rings. The minimum atomic E-state index is -0.321. The zero-order valence-corrected chi connectivity index (χ0v) is 13.6. The van der Waals surface area contributed by atoms with E-state index in [0.717, 1.165) is 37.9 Å². The summed E-state index contributed by atoms with van der Waals surface area (Å²) >= 11 is 0. The summed E-state index contributed by atoms with van der Waals surface area (Å²) in [4.78, 5) is 0. The van der Waals surface area contributed by atoms with E-state index in [2.05, 4.69) is 38.3 Å². The summed E-state index contributed by atoms with van der Waals surface area (Å²) in [5, 5.41) is 10.4. The van der Waals surface area contributed by atoms with Gasteiger partial charge < -0.3 is 14.4 Å². The van der Waals surface area contributed by atoms with E-state index < -0.39 is 0 Å². The third-order valence-electron chi connectivity index (χ3n) is 4.47. The van der Waals surface area contributed by atoms with Crippen molar-refractivity contribution in [2.24, 2.45) is 5.41 Å². The largest absolute Gasteiger partial charge is 0.388 e. The first-order valence-corrected chi connectivity index (χ1v) is 7.77. The number of aryl methyl sites for hydroxylation is 1. The molecule has 1 aliphatic carbocycles. The van der Waals surface area contributed by atoms with Gasteiger partial charge in [-0.15, -0.1) is 0 Å². The molecule has 1 aromatic heterocycles. The summed E-state index contributed by atoms with van der Waals surface area (Å²) < 4.78 is 7.84. The highest BCUT2D eigenvalue weighted by molar-refractivity contribution is 5.34. The van der Waals surface area contributed by atoms with Crippen molar-refractivity contribution in [2.45, 2.75) is 65.5 Å². The van der Waals surface area contributed by atoms with E-state index in [-0.39, 0.29) is 11.5 Å². The molecule has 0 saturated heterocycles. The highest BCUT2D eigenvalue weighted by Crippen LogP contribution is 2.43. The molecule has 0 spiro atoms. The molecule has 0 saturated carbocycles. The average molecular weight is 279 g/mol. The van der Waals surface area contributed by atoms with Crippen LogP contribution < -0.4 is 0 Å². The van der Waals surface area contributed by atoms with E-state index in [1.54, 1.807) is 7.11 Å². The van der Waals surface area contributed by atoms with Crippen molar-refractivity contribution < 1.29 is 9.84 Å². The maximum absolute atomic E-state index is 10.4. The Hall–Kier alpha value is -0.800. The molecule has 20 heavy (non-hydrogen) atoms. The predicted molar refractivity (Wildman–Crippen MR) is 82.1 cm³/mol. The van der Waals surface area contributed by atoms with Gasteiger partial charge in [0.25, 0.3) is 0 Å². The first kappa shape index (κ1) is 15.6. The molecule has 0 fully saturated rings. The second kappa shape index (κ2) is 5.90. The number of nitrogens with zero attached hydrogens (tertiary/aromatic N) is 1. The van der Waals surface area contributed by atoms with Crippen molar-refractivity contribution in [1.29, 1.82) is 0 Å². The highest BCUT2D eigenvalue weighted by Gasteiger charge is 2.35. The summed E-state index contributed by atoms with van der Waals surface area (Å²) in [5.41, 5.74) is 3.88. The summed E-state index contributed by atoms with van der Waals surface area (Å²) in [5.74, 6) is 0. The molecule has 1 aromatic rings. The lowest BCUT2D eigenvalue weighted by atomic mass is 9.75. The molecule has 3 heteroatoms. The second-order valence-corrected chi connectivity index (χ2v) is 7.02. The third-order valence-corrected chi connectivity index (χ3v) is 4.47. The molecule has 2 rings (SSSR count). The Kier molecular flexibility index (Phi) is 4.60. The van der Waals surface area contributed by atoms with Gasteiger partial charge in [0.2, 0.25) is 0 Å². The van der Waals surface area contributed by atoms with Gasteiger partial charge in [-0.3, -0.25) is 0 Å². The lowest BCUT2D eigenvalue weighted by molar-refractivity contribution is 0.0947. The van der Waals surface area contributed by atoms with Gasteiger partial charge in [0.05, 0.1) is 18.8 Å². The minimum absolute atomic E-state index is 0.165. The van der Waals surface area contributed by atoms with E-state index in [4.69, 9.17) is 4.74 Å². The Balaban J connectivity index is 2.44. The number of methoxy groups -OCH3 is 1. The third kappa shape index (κ3) is 2.94. The number of aliphatic hydroxyl groups is 1. The van der Waals surface area contributed by atoms with Crippen LogP contribution in [0.2, 0.25) is 0 Å². The fourth-order valence-corrected chi connectivity index (χ4v) is 3.69. The number of rotatable bonds is 5. The van der Waals surface area contributed by atoms with E-state index in [1.807, 2.05) is 0 Å². The van der Waals surface area contributed by atoms with Gasteiger partial charge >= 0.3 is 0 Å². The first-order valence-electron chi connectivity index (χ1n) is 7.77. The first-order chi connectivity index (χ1) is 9.39. The van der Waals surface area contributed by atoms with Crippen LogP contribution in [-0.4, -0.2) is 23.4 Å². The van der Waals surface area contributed by atoms with Crippen LogP contribution in [0.4, 0.5) is 0 Å². The van der Waals surface area contributed by atoms with Crippen molar-refractivity contribution in [3.63, 3.8) is 0 Å². The molecule has 3 nitrogen and oxygen atoms in total. The fraction of sp³-hybridized carbons (Fsp3) is 0.765. The normalized spacial score (nSPS) is 22.6. The van der Waals surface area contributed by atoms with Crippen LogP contribution >= 0.6 is 0 Å². The van der Waals surface area contributed by atoms with Crippen LogP contribution in [0.1, 0.15) is 69.1 Å². The van der Waals surface area contributed by atoms with Crippen LogP contribution in [0.15, 0.2) is 6.07 Å². The SMILES string of the molecule is CCCC(COC)n1c(C)cc2c1CC(C)(C)CC2O. The number of ether oxygens (including phenoxy) is 1. The quantitative estimate of drug-likeness (QED) is 0.890. The van der Waals surface area contributed by atoms with Gasteiger partial charge in [-0.25, -0.2) is 0 Å². The lowest BCUT2D eigenvalue weighted by Crippen LogP contribution is -2.28. The van der Waals surface area contributed by atoms with Crippen LogP contribution in [0.3, 0.4) is 0 Å². The highest BCUT2D eigenvalue weighted by atomic mass is 16.5. The Morgan fingerprint density at radius 3 is 2.80 bits per heavy atom. The Morgan fingerprint density at radius 2 is 2.20 bits per heavy atom. The molecule has 2 atom stereocenters. The summed E-state index contributed by atoms with van der Waals surface area (Å²) in [6.07, 6.45) is 3.83. The van der Waals surface area contributed by atoms with Gasteiger partial charge in [-0.1, -0.05) is 27.2 Å². The molecule has 0 bridgehead atoms. The molecule has 1 N–H and O–H groups in total. The van der Waals surface area contributed by atoms with Crippen molar-refractivity contribution >= 4 is 0 Å². The number of fused-ring (bicyclic) bond motifs is 1. The Bertz CT molecular complexity index is 456. The van der Waals surface area contributed by atoms with Gasteiger partial charge in [0, 0.05) is 24.1 Å². The van der Waals surface area contributed by atoms with Gasteiger partial charge in [0.1, 0.15) is 0 Å². The summed E-state index contributed by atoms with van der Waals surface area (Å²) in [6.45, 7) is 9.60. The molecular weight excluding hydrogens is 250 g/mol. The lowest BCUT2D eigenvalue weighted by Gasteiger charge is -2.35. The van der Waals surface area contributed by atoms with Gasteiger partial charge in [-0.2, -0.15) is 0 Å². The van der Waals surface area contributed by atoms with E-state index in [9.17, 15) is 5.11 Å². The maximum atomic E-state index is 10.4. The molecule has 0 amide bonds. The van der Waals surface area contributed by atoms with Crippen molar-refractivity contribution in [1.82, 2.24) is 4.57 Å². The smallest absolute Gasteiger partial charge is 0.0812 e. The molecule has 2 unspecified atom stereocenters. The number of aliphatic hydroxyl groups excluding tert-OH is 1. The maximum Gasteiger partial charge on any atom is 0.0812 e. The standard InChI is InChI=1S/C17H29NO2/c1-6-7-13(11-20-5)18-12(2)8-14-15(18)9-17(3,4)10-16(14)19/h8,13,16,19H,6-7,9-11H2,1-5H3. The number of aromatic nitrogens is 1. The Labute approximate surface area is 122 Å². The zero-order valence-electron chi connectivity index (χ0n) is 13.6. The summed E-state index contributed by atoms with van der Waals surface area (Å²) in [7, 11) is 1.77. The number of hydrogen-bond acceptors (Lipinski definition) is 2. The van der Waals surface area contributed by atoms with Crippen LogP contribution in [0, 0.1) is 12.3 Å². The van der Waals surface area contributed by atoms with Crippen molar-refractivity contribution in [3.8, 4) is 0 Å². The minimum Gasteiger partial charge on any atom is -0.388 e. The van der Waals surface area contributed by atoms with Crippen molar-refractivity contribution in [3.05, 3.63) is 23.0 Å². The molecule has 1 heterocycles. The van der Waals surface area contributed by atoms with Gasteiger partial charge in [0.15, 0.2) is 0 Å². The molecule has 0 aromatic carbocycles. The van der Waals surface area contributed by atoms with Crippen LogP contribution in [-0.2, 0) is 11.2 Å².